The first-order valence-corrected chi connectivity index (χ1v) is 5.96. The molecule has 0 atom stereocenters. The van der Waals surface area contributed by atoms with E-state index in [1.165, 1.54) is 24.3 Å². The number of rotatable bonds is 3. The standard InChI is InChI=1S/C15H10F4O2/c16-13-3-1-2-11(12(13)8-14(20)21)9-4-6-10(7-5-9)15(17,18)19/h1-7H,8H2,(H,20,21). The second-order valence-electron chi connectivity index (χ2n) is 4.41. The number of aliphatic carboxylic acids is 1. The minimum Gasteiger partial charge on any atom is -0.481 e. The third-order valence-corrected chi connectivity index (χ3v) is 2.97. The molecule has 0 unspecified atom stereocenters. The molecule has 0 bridgehead atoms. The van der Waals surface area contributed by atoms with Gasteiger partial charge < -0.3 is 5.11 Å². The average Bonchev–Trinajstić information content (AvgIpc) is 2.40. The van der Waals surface area contributed by atoms with Crippen LogP contribution in [0.15, 0.2) is 42.5 Å². The number of hydrogen-bond donors (Lipinski definition) is 1. The first-order chi connectivity index (χ1) is 9.79. The summed E-state index contributed by atoms with van der Waals surface area (Å²) in [6.07, 6.45) is -4.99. The molecule has 0 aromatic heterocycles. The zero-order valence-electron chi connectivity index (χ0n) is 10.6. The number of carboxylic acid groups (broad SMARTS) is 1. The van der Waals surface area contributed by atoms with Crippen molar-refractivity contribution in [3.8, 4) is 11.1 Å². The Morgan fingerprint density at radius 1 is 1.05 bits per heavy atom. The molecule has 0 fully saturated rings. The number of benzene rings is 2. The van der Waals surface area contributed by atoms with Crippen molar-refractivity contribution in [2.24, 2.45) is 0 Å². The van der Waals surface area contributed by atoms with Gasteiger partial charge in [-0.2, -0.15) is 13.2 Å². The van der Waals surface area contributed by atoms with Gasteiger partial charge in [0.05, 0.1) is 12.0 Å². The molecule has 0 aliphatic rings. The molecule has 0 saturated carbocycles. The van der Waals surface area contributed by atoms with E-state index in [-0.39, 0.29) is 11.1 Å². The molecule has 0 saturated heterocycles. The van der Waals surface area contributed by atoms with Crippen molar-refractivity contribution in [2.75, 3.05) is 0 Å². The van der Waals surface area contributed by atoms with E-state index in [1.807, 2.05) is 0 Å². The van der Waals surface area contributed by atoms with Crippen LogP contribution in [0, 0.1) is 5.82 Å². The maximum Gasteiger partial charge on any atom is 0.416 e. The van der Waals surface area contributed by atoms with E-state index in [4.69, 9.17) is 5.11 Å². The summed E-state index contributed by atoms with van der Waals surface area (Å²) in [4.78, 5) is 10.8. The molecule has 0 heterocycles. The number of halogens is 4. The molecule has 0 aliphatic carbocycles. The van der Waals surface area contributed by atoms with Gasteiger partial charge in [0.15, 0.2) is 0 Å². The summed E-state index contributed by atoms with van der Waals surface area (Å²) in [6.45, 7) is 0. The van der Waals surface area contributed by atoms with Crippen molar-refractivity contribution in [1.82, 2.24) is 0 Å². The third-order valence-electron chi connectivity index (χ3n) is 2.97. The smallest absolute Gasteiger partial charge is 0.416 e. The summed E-state index contributed by atoms with van der Waals surface area (Å²) in [5.41, 5.74) is -0.267. The van der Waals surface area contributed by atoms with Gasteiger partial charge in [-0.15, -0.1) is 0 Å². The van der Waals surface area contributed by atoms with E-state index in [0.717, 1.165) is 18.2 Å². The summed E-state index contributed by atoms with van der Waals surface area (Å²) in [7, 11) is 0. The third kappa shape index (κ3) is 3.39. The van der Waals surface area contributed by atoms with Crippen LogP contribution in [0.4, 0.5) is 17.6 Å². The molecule has 2 rings (SSSR count). The summed E-state index contributed by atoms with van der Waals surface area (Å²) >= 11 is 0. The fourth-order valence-electron chi connectivity index (χ4n) is 2.00. The summed E-state index contributed by atoms with van der Waals surface area (Å²) in [5, 5.41) is 8.80. The summed E-state index contributed by atoms with van der Waals surface area (Å²) in [6, 6.07) is 8.13. The van der Waals surface area contributed by atoms with Crippen molar-refractivity contribution in [3.63, 3.8) is 0 Å². The lowest BCUT2D eigenvalue weighted by atomic mass is 9.96. The lowest BCUT2D eigenvalue weighted by Crippen LogP contribution is -2.06. The lowest BCUT2D eigenvalue weighted by molar-refractivity contribution is -0.138. The molecular weight excluding hydrogens is 288 g/mol. The molecule has 0 aliphatic heterocycles. The molecule has 21 heavy (non-hydrogen) atoms. The van der Waals surface area contributed by atoms with Crippen LogP contribution in [-0.4, -0.2) is 11.1 Å². The second kappa shape index (κ2) is 5.55. The van der Waals surface area contributed by atoms with Crippen LogP contribution in [0.3, 0.4) is 0 Å². The predicted molar refractivity (Wildman–Crippen MR) is 68.2 cm³/mol. The first kappa shape index (κ1) is 15.0. The van der Waals surface area contributed by atoms with Gasteiger partial charge in [0.25, 0.3) is 0 Å². The van der Waals surface area contributed by atoms with Crippen molar-refractivity contribution < 1.29 is 27.5 Å². The van der Waals surface area contributed by atoms with Crippen molar-refractivity contribution in [1.29, 1.82) is 0 Å². The van der Waals surface area contributed by atoms with Crippen molar-refractivity contribution in [2.45, 2.75) is 12.6 Å². The molecule has 110 valence electrons. The molecule has 1 N–H and O–H groups in total. The number of hydrogen-bond acceptors (Lipinski definition) is 1. The van der Waals surface area contributed by atoms with Gasteiger partial charge in [-0.3, -0.25) is 4.79 Å². The van der Waals surface area contributed by atoms with E-state index in [1.54, 1.807) is 0 Å². The minimum atomic E-state index is -4.45. The molecule has 0 radical (unpaired) electrons. The highest BCUT2D eigenvalue weighted by Crippen LogP contribution is 2.32. The lowest BCUT2D eigenvalue weighted by Gasteiger charge is -2.11. The average molecular weight is 298 g/mol. The van der Waals surface area contributed by atoms with E-state index in [2.05, 4.69) is 0 Å². The van der Waals surface area contributed by atoms with Crippen LogP contribution in [-0.2, 0) is 17.4 Å². The van der Waals surface area contributed by atoms with E-state index >= 15 is 0 Å². The topological polar surface area (TPSA) is 37.3 Å². The highest BCUT2D eigenvalue weighted by Gasteiger charge is 2.30. The monoisotopic (exact) mass is 298 g/mol. The van der Waals surface area contributed by atoms with Crippen LogP contribution in [0.5, 0.6) is 0 Å². The Morgan fingerprint density at radius 3 is 2.19 bits per heavy atom. The van der Waals surface area contributed by atoms with Gasteiger partial charge in [-0.1, -0.05) is 24.3 Å². The van der Waals surface area contributed by atoms with Crippen LogP contribution in [0.1, 0.15) is 11.1 Å². The van der Waals surface area contributed by atoms with Gasteiger partial charge in [0, 0.05) is 5.56 Å². The summed E-state index contributed by atoms with van der Waals surface area (Å²) < 4.78 is 51.2. The number of alkyl halides is 3. The largest absolute Gasteiger partial charge is 0.481 e. The maximum atomic E-state index is 13.7. The van der Waals surface area contributed by atoms with E-state index < -0.39 is 29.9 Å². The Balaban J connectivity index is 2.47. The zero-order chi connectivity index (χ0) is 15.6. The van der Waals surface area contributed by atoms with Crippen LogP contribution >= 0.6 is 0 Å². The van der Waals surface area contributed by atoms with E-state index in [9.17, 15) is 22.4 Å². The first-order valence-electron chi connectivity index (χ1n) is 5.96. The molecular formula is C15H10F4O2. The second-order valence-corrected chi connectivity index (χ2v) is 4.41. The zero-order valence-corrected chi connectivity index (χ0v) is 10.6. The minimum absolute atomic E-state index is 0.0511. The van der Waals surface area contributed by atoms with Gasteiger partial charge >= 0.3 is 12.1 Å². The normalized spacial score (nSPS) is 11.4. The van der Waals surface area contributed by atoms with Crippen molar-refractivity contribution >= 4 is 5.97 Å². The SMILES string of the molecule is O=C(O)Cc1c(F)cccc1-c1ccc(C(F)(F)F)cc1. The highest BCUT2D eigenvalue weighted by molar-refractivity contribution is 5.76. The quantitative estimate of drug-likeness (QED) is 0.865. The number of carboxylic acids is 1. The molecule has 2 nitrogen and oxygen atoms in total. The molecule has 0 spiro atoms. The Labute approximate surface area is 117 Å². The molecule has 0 amide bonds. The van der Waals surface area contributed by atoms with E-state index in [0.29, 0.717) is 5.56 Å². The fourth-order valence-corrected chi connectivity index (χ4v) is 2.00. The highest BCUT2D eigenvalue weighted by atomic mass is 19.4. The predicted octanol–water partition coefficient (Wildman–Crippen LogP) is 4.14. The van der Waals surface area contributed by atoms with Crippen LogP contribution in [0.25, 0.3) is 11.1 Å². The van der Waals surface area contributed by atoms with Gasteiger partial charge in [0.1, 0.15) is 5.82 Å². The van der Waals surface area contributed by atoms with Gasteiger partial charge in [0.2, 0.25) is 0 Å². The van der Waals surface area contributed by atoms with Crippen molar-refractivity contribution in [3.05, 3.63) is 59.4 Å². The molecule has 2 aromatic carbocycles. The Hall–Kier alpha value is -2.37. The Morgan fingerprint density at radius 2 is 1.67 bits per heavy atom. The summed E-state index contributed by atoms with van der Waals surface area (Å²) in [5.74, 6) is -1.91. The van der Waals surface area contributed by atoms with Gasteiger partial charge in [-0.05, 0) is 29.3 Å². The van der Waals surface area contributed by atoms with Crippen LogP contribution < -0.4 is 0 Å². The number of carbonyl (C=O) groups is 1. The van der Waals surface area contributed by atoms with Crippen LogP contribution in [0.2, 0.25) is 0 Å². The molecule has 6 heteroatoms. The Kier molecular flexibility index (Phi) is 3.97. The fraction of sp³-hybridized carbons (Fsp3) is 0.133. The van der Waals surface area contributed by atoms with Gasteiger partial charge in [-0.25, -0.2) is 4.39 Å². The Bertz CT molecular complexity index is 660. The molecule has 2 aromatic rings. The maximum absolute atomic E-state index is 13.7.